The minimum absolute atomic E-state index is 0.166. The molecule has 1 aliphatic carbocycles. The third-order valence-electron chi connectivity index (χ3n) is 3.08. The molecule has 0 aliphatic heterocycles. The van der Waals surface area contributed by atoms with Crippen molar-refractivity contribution in [1.82, 2.24) is 4.98 Å². The highest BCUT2D eigenvalue weighted by molar-refractivity contribution is 5.50. The molecule has 0 atom stereocenters. The van der Waals surface area contributed by atoms with E-state index < -0.39 is 30.6 Å². The maximum atomic E-state index is 12.7. The monoisotopic (exact) mass is 313 g/mol. The number of pyridine rings is 1. The molecule has 1 fully saturated rings. The van der Waals surface area contributed by atoms with Crippen molar-refractivity contribution in [1.29, 1.82) is 0 Å². The highest BCUT2D eigenvalue weighted by Crippen LogP contribution is 2.37. The average molecular weight is 313 g/mol. The predicted molar refractivity (Wildman–Crippen MR) is 63.6 cm³/mol. The lowest BCUT2D eigenvalue weighted by molar-refractivity contribution is -0.141. The molecule has 0 aromatic carbocycles. The van der Waals surface area contributed by atoms with E-state index in [1.807, 2.05) is 0 Å². The van der Waals surface area contributed by atoms with Crippen LogP contribution in [0.2, 0.25) is 0 Å². The summed E-state index contributed by atoms with van der Waals surface area (Å²) in [4.78, 5) is 4.25. The molecule has 21 heavy (non-hydrogen) atoms. The van der Waals surface area contributed by atoms with E-state index in [1.165, 1.54) is 0 Å². The predicted octanol–water partition coefficient (Wildman–Crippen LogP) is 3.09. The average Bonchev–Trinajstić information content (AvgIpc) is 3.17. The van der Waals surface area contributed by atoms with E-state index in [1.54, 1.807) is 0 Å². The Hall–Kier alpha value is -1.51. The third kappa shape index (κ3) is 3.99. The maximum Gasteiger partial charge on any atom is 0.433 e. The molecule has 9 heteroatoms. The van der Waals surface area contributed by atoms with Gasteiger partial charge in [0.25, 0.3) is 0 Å². The van der Waals surface area contributed by atoms with Crippen molar-refractivity contribution in [3.05, 3.63) is 23.4 Å². The number of halogens is 6. The lowest BCUT2D eigenvalue weighted by Gasteiger charge is -2.27. The topological polar surface area (TPSA) is 42.1 Å². The van der Waals surface area contributed by atoms with E-state index >= 15 is 0 Å². The van der Waals surface area contributed by atoms with Gasteiger partial charge in [-0.2, -0.15) is 26.3 Å². The van der Waals surface area contributed by atoms with Crippen LogP contribution in [0.15, 0.2) is 12.1 Å². The van der Waals surface area contributed by atoms with Crippen LogP contribution in [0.25, 0.3) is 0 Å². The second-order valence-electron chi connectivity index (χ2n) is 4.86. The second-order valence-corrected chi connectivity index (χ2v) is 4.86. The van der Waals surface area contributed by atoms with Gasteiger partial charge in [-0.1, -0.05) is 6.07 Å². The summed E-state index contributed by atoms with van der Waals surface area (Å²) in [6.45, 7) is -1.51. The Morgan fingerprint density at radius 2 is 1.76 bits per heavy atom. The molecule has 0 bridgehead atoms. The smallest absolute Gasteiger partial charge is 0.344 e. The Balaban J connectivity index is 2.42. The van der Waals surface area contributed by atoms with Gasteiger partial charge in [-0.05, 0) is 18.9 Å². The van der Waals surface area contributed by atoms with Crippen LogP contribution >= 0.6 is 0 Å². The zero-order valence-electron chi connectivity index (χ0n) is 10.8. The number of alkyl halides is 6. The van der Waals surface area contributed by atoms with Gasteiger partial charge >= 0.3 is 12.4 Å². The molecule has 1 aliphatic rings. The molecule has 3 nitrogen and oxygen atoms in total. The Morgan fingerprint density at radius 3 is 2.19 bits per heavy atom. The molecule has 0 unspecified atom stereocenters. The van der Waals surface area contributed by atoms with Crippen LogP contribution < -0.4 is 10.6 Å². The van der Waals surface area contributed by atoms with Gasteiger partial charge in [-0.25, -0.2) is 4.98 Å². The summed E-state index contributed by atoms with van der Waals surface area (Å²) in [5.74, 6) is -0.327. The second kappa shape index (κ2) is 5.36. The van der Waals surface area contributed by atoms with Crippen LogP contribution in [0.1, 0.15) is 24.1 Å². The fourth-order valence-corrected chi connectivity index (χ4v) is 2.00. The lowest BCUT2D eigenvalue weighted by atomic mass is 10.2. The first kappa shape index (κ1) is 15.9. The van der Waals surface area contributed by atoms with E-state index in [4.69, 9.17) is 5.73 Å². The van der Waals surface area contributed by atoms with E-state index in [0.717, 1.165) is 17.0 Å². The molecule has 2 rings (SSSR count). The van der Waals surface area contributed by atoms with E-state index in [-0.39, 0.29) is 17.9 Å². The Bertz CT molecular complexity index is 507. The van der Waals surface area contributed by atoms with Crippen molar-refractivity contribution in [3.8, 4) is 0 Å². The summed E-state index contributed by atoms with van der Waals surface area (Å²) in [5, 5.41) is 0. The number of nitrogens with zero attached hydrogens (tertiary/aromatic N) is 2. The Morgan fingerprint density at radius 1 is 1.14 bits per heavy atom. The molecule has 118 valence electrons. The fourth-order valence-electron chi connectivity index (χ4n) is 2.00. The van der Waals surface area contributed by atoms with E-state index in [9.17, 15) is 26.3 Å². The van der Waals surface area contributed by atoms with Crippen molar-refractivity contribution in [2.75, 3.05) is 11.4 Å². The third-order valence-corrected chi connectivity index (χ3v) is 3.08. The summed E-state index contributed by atoms with van der Waals surface area (Å²) in [6.07, 6.45) is -8.24. The molecular weight excluding hydrogens is 300 g/mol. The van der Waals surface area contributed by atoms with E-state index in [2.05, 4.69) is 4.98 Å². The summed E-state index contributed by atoms with van der Waals surface area (Å²) >= 11 is 0. The molecule has 1 saturated carbocycles. The van der Waals surface area contributed by atoms with Crippen molar-refractivity contribution in [2.45, 2.75) is 37.8 Å². The van der Waals surface area contributed by atoms with Gasteiger partial charge in [0.15, 0.2) is 0 Å². The first-order valence-corrected chi connectivity index (χ1v) is 6.22. The largest absolute Gasteiger partial charge is 0.433 e. The molecule has 1 aromatic rings. The van der Waals surface area contributed by atoms with Crippen LogP contribution in [0.4, 0.5) is 32.2 Å². The highest BCUT2D eigenvalue weighted by Gasteiger charge is 2.41. The number of anilines is 1. The number of hydrogen-bond acceptors (Lipinski definition) is 3. The first-order valence-electron chi connectivity index (χ1n) is 6.22. The number of aromatic nitrogens is 1. The zero-order chi connectivity index (χ0) is 15.8. The van der Waals surface area contributed by atoms with Gasteiger partial charge in [0.1, 0.15) is 18.1 Å². The SMILES string of the molecule is NCc1ccc(C(F)(F)F)nc1N(CC(F)(F)F)C1CC1. The molecular formula is C12H13F6N3. The van der Waals surface area contributed by atoms with Crippen molar-refractivity contribution >= 4 is 5.82 Å². The van der Waals surface area contributed by atoms with Crippen LogP contribution in [0.5, 0.6) is 0 Å². The van der Waals surface area contributed by atoms with Crippen LogP contribution in [0, 0.1) is 0 Å². The zero-order valence-corrected chi connectivity index (χ0v) is 10.8. The fraction of sp³-hybridized carbons (Fsp3) is 0.583. The summed E-state index contributed by atoms with van der Waals surface area (Å²) in [5.41, 5.74) is 4.35. The minimum Gasteiger partial charge on any atom is -0.344 e. The van der Waals surface area contributed by atoms with Crippen molar-refractivity contribution in [3.63, 3.8) is 0 Å². The highest BCUT2D eigenvalue weighted by atomic mass is 19.4. The Kier molecular flexibility index (Phi) is 4.05. The van der Waals surface area contributed by atoms with Crippen molar-refractivity contribution < 1.29 is 26.3 Å². The molecule has 0 spiro atoms. The molecule has 0 saturated heterocycles. The minimum atomic E-state index is -4.71. The molecule has 0 radical (unpaired) electrons. The van der Waals surface area contributed by atoms with E-state index in [0.29, 0.717) is 12.8 Å². The molecule has 0 amide bonds. The van der Waals surface area contributed by atoms with Crippen LogP contribution in [0.3, 0.4) is 0 Å². The van der Waals surface area contributed by atoms with Gasteiger partial charge < -0.3 is 10.6 Å². The molecule has 2 N–H and O–H groups in total. The Labute approximate surface area is 116 Å². The first-order chi connectivity index (χ1) is 9.62. The number of rotatable bonds is 4. The quantitative estimate of drug-likeness (QED) is 0.869. The number of hydrogen-bond donors (Lipinski definition) is 1. The van der Waals surface area contributed by atoms with Crippen LogP contribution in [-0.4, -0.2) is 23.7 Å². The van der Waals surface area contributed by atoms with Gasteiger partial charge in [-0.3, -0.25) is 0 Å². The van der Waals surface area contributed by atoms with Crippen LogP contribution in [-0.2, 0) is 12.7 Å². The molecule has 1 aromatic heterocycles. The lowest BCUT2D eigenvalue weighted by Crippen LogP contribution is -2.37. The standard InChI is InChI=1S/C12H13F6N3/c13-11(14,15)6-21(8-2-3-8)10-7(5-19)1-4-9(20-10)12(16,17)18/h1,4,8H,2-3,5-6,19H2. The maximum absolute atomic E-state index is 12.7. The summed E-state index contributed by atoms with van der Waals surface area (Å²) in [7, 11) is 0. The van der Waals surface area contributed by atoms with Gasteiger partial charge in [0.05, 0.1) is 0 Å². The summed E-state index contributed by atoms with van der Waals surface area (Å²) in [6, 6.07) is 1.37. The van der Waals surface area contributed by atoms with Crippen molar-refractivity contribution in [2.24, 2.45) is 5.73 Å². The molecule has 1 heterocycles. The van der Waals surface area contributed by atoms with Gasteiger partial charge in [0, 0.05) is 18.2 Å². The van der Waals surface area contributed by atoms with Gasteiger partial charge in [0.2, 0.25) is 0 Å². The van der Waals surface area contributed by atoms with Gasteiger partial charge in [-0.15, -0.1) is 0 Å². The number of nitrogens with two attached hydrogens (primary N) is 1. The normalized spacial score (nSPS) is 16.1. The summed E-state index contributed by atoms with van der Waals surface area (Å²) < 4.78 is 75.9.